The number of hydrogen-bond acceptors (Lipinski definition) is 0. The molecule has 0 aliphatic heterocycles. The van der Waals surface area contributed by atoms with Crippen LogP contribution in [0.1, 0.15) is 46.6 Å². The Labute approximate surface area is 137 Å². The van der Waals surface area contributed by atoms with E-state index >= 15 is 0 Å². The number of hydrogen-bond donors (Lipinski definition) is 0. The molecule has 3 atom stereocenters. The molecule has 2 aliphatic carbocycles. The van der Waals surface area contributed by atoms with Crippen LogP contribution in [0.25, 0.3) is 0 Å². The number of benzene rings is 3. The van der Waals surface area contributed by atoms with Crippen LogP contribution >= 0.6 is 0 Å². The van der Waals surface area contributed by atoms with Gasteiger partial charge in [0.2, 0.25) is 0 Å². The van der Waals surface area contributed by atoms with E-state index in [0.717, 1.165) is 0 Å². The quantitative estimate of drug-likeness (QED) is 0.517. The normalized spacial score (nSPS) is 27.0. The van der Waals surface area contributed by atoms with Crippen LogP contribution in [0.5, 0.6) is 0 Å². The van der Waals surface area contributed by atoms with Gasteiger partial charge in [-0.15, -0.1) is 0 Å². The summed E-state index contributed by atoms with van der Waals surface area (Å²) in [5.41, 5.74) is 7.45. The summed E-state index contributed by atoms with van der Waals surface area (Å²) in [6.45, 7) is 2.44. The molecule has 0 saturated heterocycles. The Bertz CT molecular complexity index is 862. The van der Waals surface area contributed by atoms with Crippen molar-refractivity contribution in [2.24, 2.45) is 5.41 Å². The van der Waals surface area contributed by atoms with Gasteiger partial charge in [0.1, 0.15) is 5.56 Å². The first-order valence-electron chi connectivity index (χ1n) is 8.37. The van der Waals surface area contributed by atoms with E-state index in [1.807, 2.05) is 0 Å². The summed E-state index contributed by atoms with van der Waals surface area (Å²) in [5, 5.41) is 0. The van der Waals surface area contributed by atoms with Gasteiger partial charge in [-0.25, -0.2) is 0 Å². The van der Waals surface area contributed by atoms with Crippen LogP contribution in [-0.4, -0.2) is 0 Å². The van der Waals surface area contributed by atoms with Crippen molar-refractivity contribution in [1.29, 1.82) is 0 Å². The van der Waals surface area contributed by atoms with Gasteiger partial charge in [0.05, 0.1) is 16.9 Å². The Hall–Kier alpha value is -2.47. The minimum absolute atomic E-state index is 0.120. The maximum absolute atomic E-state index is 2.52. The molecular formula is C23H19+. The first-order valence-corrected chi connectivity index (χ1v) is 8.37. The van der Waals surface area contributed by atoms with Crippen molar-refractivity contribution in [2.75, 3.05) is 0 Å². The predicted molar refractivity (Wildman–Crippen MR) is 94.5 cm³/mol. The predicted octanol–water partition coefficient (Wildman–Crippen LogP) is 5.54. The highest BCUT2D eigenvalue weighted by Crippen LogP contribution is 2.66. The lowest BCUT2D eigenvalue weighted by Crippen LogP contribution is -2.23. The molecule has 2 aliphatic rings. The van der Waals surface area contributed by atoms with Crippen LogP contribution in [0, 0.1) is 11.8 Å². The summed E-state index contributed by atoms with van der Waals surface area (Å²) in [7, 11) is 0. The van der Waals surface area contributed by atoms with E-state index in [0.29, 0.717) is 11.8 Å². The van der Waals surface area contributed by atoms with Crippen molar-refractivity contribution in [2.45, 2.75) is 18.8 Å². The van der Waals surface area contributed by atoms with Crippen LogP contribution < -0.4 is 0 Å². The van der Waals surface area contributed by atoms with E-state index in [4.69, 9.17) is 0 Å². The summed E-state index contributed by atoms with van der Waals surface area (Å²) >= 11 is 0. The zero-order valence-corrected chi connectivity index (χ0v) is 13.2. The van der Waals surface area contributed by atoms with Crippen molar-refractivity contribution < 1.29 is 0 Å². The van der Waals surface area contributed by atoms with E-state index < -0.39 is 0 Å². The van der Waals surface area contributed by atoms with Crippen molar-refractivity contribution in [3.05, 3.63) is 113 Å². The monoisotopic (exact) mass is 295 g/mol. The van der Waals surface area contributed by atoms with Crippen LogP contribution in [0.3, 0.4) is 0 Å². The molecule has 0 heterocycles. The molecule has 0 heteroatoms. The lowest BCUT2D eigenvalue weighted by atomic mass is 9.70. The van der Waals surface area contributed by atoms with Crippen LogP contribution in [0.2, 0.25) is 0 Å². The standard InChI is InChI=1S/C23H19/c1-23-15-17-11-5-6-12-18(17)22(23)20-14-8-7-13-19(20)21(23)16-9-3-2-4-10-16/h2-15,21-22H,1H3/q+1/t21?,22?,23-/m0/s1. The third kappa shape index (κ3) is 1.64. The van der Waals surface area contributed by atoms with Crippen molar-refractivity contribution >= 4 is 0 Å². The molecule has 0 N–H and O–H groups in total. The topological polar surface area (TPSA) is 0 Å². The Morgan fingerprint density at radius 2 is 1.22 bits per heavy atom. The minimum atomic E-state index is 0.120. The Morgan fingerprint density at radius 3 is 1.96 bits per heavy atom. The van der Waals surface area contributed by atoms with Gasteiger partial charge >= 0.3 is 0 Å². The van der Waals surface area contributed by atoms with Crippen LogP contribution in [-0.2, 0) is 0 Å². The Kier molecular flexibility index (Phi) is 2.56. The van der Waals surface area contributed by atoms with Gasteiger partial charge in [-0.05, 0) is 41.8 Å². The fourth-order valence-corrected chi connectivity index (χ4v) is 4.97. The van der Waals surface area contributed by atoms with Gasteiger partial charge < -0.3 is 0 Å². The summed E-state index contributed by atoms with van der Waals surface area (Å²) < 4.78 is 0. The molecular weight excluding hydrogens is 276 g/mol. The van der Waals surface area contributed by atoms with Gasteiger partial charge in [0.15, 0.2) is 0 Å². The molecule has 0 amide bonds. The zero-order chi connectivity index (χ0) is 15.4. The highest BCUT2D eigenvalue weighted by Gasteiger charge is 2.60. The van der Waals surface area contributed by atoms with E-state index in [1.54, 1.807) is 0 Å². The third-order valence-electron chi connectivity index (χ3n) is 5.77. The molecule has 0 bridgehead atoms. The molecule has 0 spiro atoms. The average molecular weight is 295 g/mol. The van der Waals surface area contributed by atoms with E-state index in [2.05, 4.69) is 92.2 Å². The Balaban J connectivity index is 1.79. The second-order valence-electron chi connectivity index (χ2n) is 7.04. The van der Waals surface area contributed by atoms with Gasteiger partial charge in [-0.3, -0.25) is 0 Å². The summed E-state index contributed by atoms with van der Waals surface area (Å²) in [6.07, 6.45) is 2.52. The maximum atomic E-state index is 2.52. The third-order valence-corrected chi connectivity index (χ3v) is 5.77. The molecule has 0 aromatic heterocycles. The molecule has 0 radical (unpaired) electrons. The van der Waals surface area contributed by atoms with E-state index in [9.17, 15) is 0 Å². The molecule has 110 valence electrons. The smallest absolute Gasteiger partial charge is 0.0622 e. The maximum Gasteiger partial charge on any atom is 0.134 e. The molecule has 3 aromatic carbocycles. The van der Waals surface area contributed by atoms with Crippen LogP contribution in [0.4, 0.5) is 0 Å². The second-order valence-corrected chi connectivity index (χ2v) is 7.04. The van der Waals surface area contributed by atoms with Gasteiger partial charge in [0.25, 0.3) is 0 Å². The second kappa shape index (κ2) is 4.52. The fraction of sp³-hybridized carbons (Fsp3) is 0.174. The van der Waals surface area contributed by atoms with Crippen LogP contribution in [0.15, 0.2) is 78.9 Å². The molecule has 5 rings (SSSR count). The average Bonchev–Trinajstić information content (AvgIpc) is 3.02. The molecule has 23 heavy (non-hydrogen) atoms. The van der Waals surface area contributed by atoms with Crippen molar-refractivity contribution in [3.8, 4) is 0 Å². The Morgan fingerprint density at radius 1 is 0.652 bits per heavy atom. The van der Waals surface area contributed by atoms with E-state index in [1.165, 1.54) is 27.8 Å². The van der Waals surface area contributed by atoms with Gasteiger partial charge in [-0.1, -0.05) is 54.6 Å². The molecule has 0 nitrogen and oxygen atoms in total. The first kappa shape index (κ1) is 13.0. The van der Waals surface area contributed by atoms with Gasteiger partial charge in [-0.2, -0.15) is 0 Å². The number of fused-ring (bicyclic) bond motifs is 5. The highest BCUT2D eigenvalue weighted by atomic mass is 14.6. The lowest BCUT2D eigenvalue weighted by molar-refractivity contribution is 0.358. The largest absolute Gasteiger partial charge is 0.134 e. The SMILES string of the molecule is C[C@@]12[CH+]c3ccccc3C1c1ccccc1C2c1ccccc1. The molecule has 2 unspecified atom stereocenters. The summed E-state index contributed by atoms with van der Waals surface area (Å²) in [6, 6.07) is 28.9. The molecule has 0 saturated carbocycles. The minimum Gasteiger partial charge on any atom is -0.0622 e. The number of rotatable bonds is 1. The van der Waals surface area contributed by atoms with Crippen molar-refractivity contribution in [1.82, 2.24) is 0 Å². The molecule has 3 aromatic rings. The first-order chi connectivity index (χ1) is 11.3. The van der Waals surface area contributed by atoms with Gasteiger partial charge in [0, 0.05) is 18.4 Å². The summed E-state index contributed by atoms with van der Waals surface area (Å²) in [4.78, 5) is 0. The van der Waals surface area contributed by atoms with E-state index in [-0.39, 0.29) is 5.41 Å². The van der Waals surface area contributed by atoms with Crippen molar-refractivity contribution in [3.63, 3.8) is 0 Å². The zero-order valence-electron chi connectivity index (χ0n) is 13.2. The lowest BCUT2D eigenvalue weighted by Gasteiger charge is -2.28. The highest BCUT2D eigenvalue weighted by molar-refractivity contribution is 5.61. The summed E-state index contributed by atoms with van der Waals surface area (Å²) in [5.74, 6) is 0.900. The molecule has 0 fully saturated rings. The fourth-order valence-electron chi connectivity index (χ4n) is 4.97.